The molecule has 0 amide bonds. The van der Waals surface area contributed by atoms with E-state index in [4.69, 9.17) is 17.0 Å². The SMILES string of the molecule is COc1ccccc1C(C)Cc1nc(=S)[nH][nH]1. The van der Waals surface area contributed by atoms with Gasteiger partial charge in [0.15, 0.2) is 0 Å². The second-order valence-corrected chi connectivity index (χ2v) is 4.35. The second kappa shape index (κ2) is 5.14. The number of aromatic nitrogens is 3. The Kier molecular flexibility index (Phi) is 3.58. The first-order chi connectivity index (χ1) is 8.20. The summed E-state index contributed by atoms with van der Waals surface area (Å²) in [5, 5.41) is 5.76. The third-order valence-corrected chi connectivity index (χ3v) is 2.91. The molecule has 1 unspecified atom stereocenters. The van der Waals surface area contributed by atoms with Gasteiger partial charge in [-0.2, -0.15) is 0 Å². The van der Waals surface area contributed by atoms with Gasteiger partial charge >= 0.3 is 0 Å². The normalized spacial score (nSPS) is 12.4. The number of rotatable bonds is 4. The zero-order valence-electron chi connectivity index (χ0n) is 9.86. The fourth-order valence-electron chi connectivity index (χ4n) is 1.87. The predicted octanol–water partition coefficient (Wildman–Crippen LogP) is 2.82. The van der Waals surface area contributed by atoms with Crippen molar-refractivity contribution in [3.8, 4) is 5.75 Å². The molecule has 17 heavy (non-hydrogen) atoms. The molecule has 0 bridgehead atoms. The van der Waals surface area contributed by atoms with E-state index in [0.717, 1.165) is 18.0 Å². The standard InChI is InChI=1S/C12H15N3OS/c1-8(7-11-13-12(17)15-14-11)9-5-3-4-6-10(9)16-2/h3-6,8H,7H2,1-2H3,(H2,13,14,15,17). The first kappa shape index (κ1) is 11.9. The van der Waals surface area contributed by atoms with E-state index in [1.165, 1.54) is 5.56 Å². The molecule has 2 aromatic rings. The molecular weight excluding hydrogens is 234 g/mol. The molecule has 90 valence electrons. The zero-order valence-corrected chi connectivity index (χ0v) is 10.7. The van der Waals surface area contributed by atoms with Crippen molar-refractivity contribution >= 4 is 12.2 Å². The molecule has 0 radical (unpaired) electrons. The monoisotopic (exact) mass is 249 g/mol. The molecule has 0 saturated heterocycles. The minimum Gasteiger partial charge on any atom is -0.496 e. The molecule has 5 heteroatoms. The summed E-state index contributed by atoms with van der Waals surface area (Å²) in [6.07, 6.45) is 0.799. The van der Waals surface area contributed by atoms with E-state index in [0.29, 0.717) is 10.7 Å². The highest BCUT2D eigenvalue weighted by Crippen LogP contribution is 2.27. The van der Waals surface area contributed by atoms with Crippen molar-refractivity contribution in [3.63, 3.8) is 0 Å². The van der Waals surface area contributed by atoms with E-state index < -0.39 is 0 Å². The fourth-order valence-corrected chi connectivity index (χ4v) is 2.04. The molecule has 1 aromatic carbocycles. The Hall–Kier alpha value is -1.62. The molecule has 2 rings (SSSR count). The van der Waals surface area contributed by atoms with Gasteiger partial charge < -0.3 is 4.74 Å². The van der Waals surface area contributed by atoms with Crippen LogP contribution in [0.2, 0.25) is 0 Å². The summed E-state index contributed by atoms with van der Waals surface area (Å²) < 4.78 is 5.84. The molecule has 0 saturated carbocycles. The van der Waals surface area contributed by atoms with Gasteiger partial charge in [-0.15, -0.1) is 0 Å². The van der Waals surface area contributed by atoms with E-state index >= 15 is 0 Å². The molecule has 0 aliphatic rings. The fraction of sp³-hybridized carbons (Fsp3) is 0.333. The Morgan fingerprint density at radius 3 is 2.76 bits per heavy atom. The van der Waals surface area contributed by atoms with E-state index in [1.54, 1.807) is 7.11 Å². The minimum atomic E-state index is 0.320. The number of hydrogen-bond donors (Lipinski definition) is 2. The van der Waals surface area contributed by atoms with Crippen LogP contribution in [-0.2, 0) is 6.42 Å². The van der Waals surface area contributed by atoms with Crippen molar-refractivity contribution < 1.29 is 4.74 Å². The van der Waals surface area contributed by atoms with Gasteiger partial charge in [-0.25, -0.2) is 4.98 Å². The Balaban J connectivity index is 2.19. The van der Waals surface area contributed by atoms with Crippen molar-refractivity contribution in [2.45, 2.75) is 19.3 Å². The lowest BCUT2D eigenvalue weighted by Crippen LogP contribution is -2.02. The van der Waals surface area contributed by atoms with Gasteiger partial charge in [-0.05, 0) is 29.8 Å². The second-order valence-electron chi connectivity index (χ2n) is 3.96. The third-order valence-electron chi connectivity index (χ3n) is 2.72. The number of nitrogens with one attached hydrogen (secondary N) is 2. The molecule has 0 aliphatic carbocycles. The number of para-hydroxylation sites is 1. The number of benzene rings is 1. The number of aromatic amines is 2. The molecule has 2 N–H and O–H groups in total. The highest BCUT2D eigenvalue weighted by atomic mass is 32.1. The van der Waals surface area contributed by atoms with Gasteiger partial charge in [0.25, 0.3) is 0 Å². The van der Waals surface area contributed by atoms with Crippen molar-refractivity contribution in [1.29, 1.82) is 0 Å². The minimum absolute atomic E-state index is 0.320. The zero-order chi connectivity index (χ0) is 12.3. The van der Waals surface area contributed by atoms with Crippen LogP contribution in [0.4, 0.5) is 0 Å². The highest BCUT2D eigenvalue weighted by molar-refractivity contribution is 7.71. The maximum Gasteiger partial charge on any atom is 0.213 e. The summed E-state index contributed by atoms with van der Waals surface area (Å²) in [7, 11) is 1.69. The summed E-state index contributed by atoms with van der Waals surface area (Å²) >= 11 is 4.93. The highest BCUT2D eigenvalue weighted by Gasteiger charge is 2.12. The maximum absolute atomic E-state index is 5.35. The molecule has 0 aliphatic heterocycles. The van der Waals surface area contributed by atoms with Crippen molar-refractivity contribution in [3.05, 3.63) is 40.4 Å². The quantitative estimate of drug-likeness (QED) is 0.819. The number of H-pyrrole nitrogens is 2. The largest absolute Gasteiger partial charge is 0.496 e. The molecule has 1 aromatic heterocycles. The van der Waals surface area contributed by atoms with Crippen LogP contribution in [0.1, 0.15) is 24.2 Å². The van der Waals surface area contributed by atoms with Crippen LogP contribution in [0.15, 0.2) is 24.3 Å². The van der Waals surface area contributed by atoms with Gasteiger partial charge in [0.05, 0.1) is 7.11 Å². The number of methoxy groups -OCH3 is 1. The first-order valence-electron chi connectivity index (χ1n) is 5.47. The number of nitrogens with zero attached hydrogens (tertiary/aromatic N) is 1. The average molecular weight is 249 g/mol. The predicted molar refractivity (Wildman–Crippen MR) is 68.9 cm³/mol. The van der Waals surface area contributed by atoms with Crippen molar-refractivity contribution in [1.82, 2.24) is 15.2 Å². The molecule has 1 atom stereocenters. The van der Waals surface area contributed by atoms with Crippen molar-refractivity contribution in [2.24, 2.45) is 0 Å². The van der Waals surface area contributed by atoms with E-state index in [-0.39, 0.29) is 0 Å². The Morgan fingerprint density at radius 2 is 2.12 bits per heavy atom. The Bertz CT molecular complexity index is 546. The summed E-state index contributed by atoms with van der Waals surface area (Å²) in [5.41, 5.74) is 1.18. The van der Waals surface area contributed by atoms with Gasteiger partial charge in [0.2, 0.25) is 4.77 Å². The third kappa shape index (κ3) is 2.74. The van der Waals surface area contributed by atoms with Crippen LogP contribution in [-0.4, -0.2) is 22.3 Å². The van der Waals surface area contributed by atoms with Crippen molar-refractivity contribution in [2.75, 3.05) is 7.11 Å². The number of hydrogen-bond acceptors (Lipinski definition) is 3. The van der Waals surface area contributed by atoms with Crippen LogP contribution >= 0.6 is 12.2 Å². The molecule has 0 fully saturated rings. The topological polar surface area (TPSA) is 53.7 Å². The smallest absolute Gasteiger partial charge is 0.213 e. The first-order valence-corrected chi connectivity index (χ1v) is 5.88. The lowest BCUT2D eigenvalue weighted by atomic mass is 9.96. The lowest BCUT2D eigenvalue weighted by Gasteiger charge is -2.14. The van der Waals surface area contributed by atoms with Gasteiger partial charge in [-0.3, -0.25) is 10.2 Å². The van der Waals surface area contributed by atoms with E-state index in [9.17, 15) is 0 Å². The van der Waals surface area contributed by atoms with Gasteiger partial charge in [0, 0.05) is 6.42 Å². The summed E-state index contributed by atoms with van der Waals surface area (Å²) in [5.74, 6) is 2.10. The maximum atomic E-state index is 5.35. The summed E-state index contributed by atoms with van der Waals surface area (Å²) in [6, 6.07) is 8.03. The molecule has 4 nitrogen and oxygen atoms in total. The van der Waals surface area contributed by atoms with E-state index in [1.807, 2.05) is 18.2 Å². The van der Waals surface area contributed by atoms with Crippen LogP contribution in [0, 0.1) is 4.77 Å². The Labute approximate surface area is 105 Å². The average Bonchev–Trinajstić information content (AvgIpc) is 2.74. The number of ether oxygens (including phenoxy) is 1. The van der Waals surface area contributed by atoms with Crippen LogP contribution in [0.5, 0.6) is 5.75 Å². The molecular formula is C12H15N3OS. The molecule has 1 heterocycles. The van der Waals surface area contributed by atoms with Gasteiger partial charge in [-0.1, -0.05) is 25.1 Å². The summed E-state index contributed by atoms with van der Waals surface area (Å²) in [4.78, 5) is 4.19. The van der Waals surface area contributed by atoms with Crippen LogP contribution in [0.25, 0.3) is 0 Å². The van der Waals surface area contributed by atoms with Gasteiger partial charge in [0.1, 0.15) is 11.6 Å². The molecule has 0 spiro atoms. The van der Waals surface area contributed by atoms with Crippen LogP contribution < -0.4 is 4.74 Å². The Morgan fingerprint density at radius 1 is 1.35 bits per heavy atom. The lowest BCUT2D eigenvalue weighted by molar-refractivity contribution is 0.406. The van der Waals surface area contributed by atoms with E-state index in [2.05, 4.69) is 28.2 Å². The van der Waals surface area contributed by atoms with Crippen LogP contribution in [0.3, 0.4) is 0 Å². The summed E-state index contributed by atoms with van der Waals surface area (Å²) in [6.45, 7) is 2.14.